The Balaban J connectivity index is 5.18. The Morgan fingerprint density at radius 1 is 0.293 bits per heavy atom. The first kappa shape index (κ1) is 97.1. The monoisotopic (exact) mass is 1450 g/mol. The third kappa shape index (κ3) is 72.8. The molecule has 19 heteroatoms. The summed E-state index contributed by atoms with van der Waals surface area (Å²) in [6.45, 7) is 9.63. The van der Waals surface area contributed by atoms with Crippen LogP contribution in [0.5, 0.6) is 0 Å². The van der Waals surface area contributed by atoms with Crippen molar-refractivity contribution in [1.29, 1.82) is 0 Å². The molecule has 0 aromatic rings. The lowest BCUT2D eigenvalue weighted by molar-refractivity contribution is -0.161. The summed E-state index contributed by atoms with van der Waals surface area (Å²) in [5.74, 6) is -0.505. The van der Waals surface area contributed by atoms with Gasteiger partial charge in [-0.25, -0.2) is 9.13 Å². The molecule has 0 aliphatic heterocycles. The zero-order valence-electron chi connectivity index (χ0n) is 64.8. The van der Waals surface area contributed by atoms with Crippen molar-refractivity contribution < 1.29 is 80.2 Å². The summed E-state index contributed by atoms with van der Waals surface area (Å²) >= 11 is 0. The second-order valence-electron chi connectivity index (χ2n) is 29.5. The van der Waals surface area contributed by atoms with Crippen LogP contribution in [0.2, 0.25) is 0 Å². The van der Waals surface area contributed by atoms with Crippen molar-refractivity contribution in [2.24, 2.45) is 11.8 Å². The molecule has 99 heavy (non-hydrogen) atoms. The lowest BCUT2D eigenvalue weighted by Crippen LogP contribution is -2.30. The molecule has 0 bridgehead atoms. The van der Waals surface area contributed by atoms with Gasteiger partial charge >= 0.3 is 39.5 Å². The van der Waals surface area contributed by atoms with Gasteiger partial charge in [-0.15, -0.1) is 0 Å². The molecule has 0 aromatic heterocycles. The van der Waals surface area contributed by atoms with Crippen LogP contribution < -0.4 is 0 Å². The van der Waals surface area contributed by atoms with Crippen LogP contribution in [0.3, 0.4) is 0 Å². The zero-order chi connectivity index (χ0) is 72.8. The molecule has 0 rings (SSSR count). The van der Waals surface area contributed by atoms with Crippen LogP contribution in [0.4, 0.5) is 0 Å². The molecule has 0 aliphatic carbocycles. The number of phosphoric acid groups is 2. The average molecular weight is 1450 g/mol. The summed E-state index contributed by atoms with van der Waals surface area (Å²) in [5.41, 5.74) is 0. The van der Waals surface area contributed by atoms with Crippen LogP contribution in [0, 0.1) is 11.8 Å². The highest BCUT2D eigenvalue weighted by Crippen LogP contribution is 2.45. The molecule has 6 atom stereocenters. The van der Waals surface area contributed by atoms with Crippen molar-refractivity contribution in [1.82, 2.24) is 0 Å². The number of hydrogen-bond donors (Lipinski definition) is 3. The van der Waals surface area contributed by atoms with E-state index in [1.165, 1.54) is 225 Å². The van der Waals surface area contributed by atoms with Crippen LogP contribution in [0.15, 0.2) is 0 Å². The molecular weight excluding hydrogens is 1290 g/mol. The maximum absolute atomic E-state index is 13.1. The quantitative estimate of drug-likeness (QED) is 0.0222. The molecule has 588 valence electrons. The van der Waals surface area contributed by atoms with Gasteiger partial charge in [-0.2, -0.15) is 0 Å². The van der Waals surface area contributed by atoms with Gasteiger partial charge in [-0.3, -0.25) is 37.3 Å². The lowest BCUT2D eigenvalue weighted by atomic mass is 9.99. The second kappa shape index (κ2) is 71.7. The predicted octanol–water partition coefficient (Wildman–Crippen LogP) is 23.9. The fourth-order valence-corrected chi connectivity index (χ4v) is 13.9. The van der Waals surface area contributed by atoms with Crippen molar-refractivity contribution in [3.63, 3.8) is 0 Å². The standard InChI is InChI=1S/C80H156O17P2/c1-7-10-12-14-16-17-18-19-20-21-22-23-24-27-31-34-40-46-52-58-64-79(84)97-76(69-91-78(83)63-57-51-45-39-33-30-28-25-26-29-32-37-43-48-54-60-72(4)5)71-95-99(88,89)93-67-74(81)66-92-98(86,87)94-70-75(68-90-77(82)62-56-50-42-15-13-11-8-2)96-80(85)65-59-53-47-41-36-35-38-44-49-55-61-73(6)9-3/h72-76,81H,7-71H2,1-6H3,(H,86,87)(H,88,89)/t73?,74-,75+,76+/m0/s1. The molecule has 0 fully saturated rings. The maximum atomic E-state index is 13.1. The third-order valence-corrected chi connectivity index (χ3v) is 21.0. The van der Waals surface area contributed by atoms with Crippen LogP contribution >= 0.6 is 15.6 Å². The Labute approximate surface area is 607 Å². The van der Waals surface area contributed by atoms with Gasteiger partial charge in [0.1, 0.15) is 19.3 Å². The van der Waals surface area contributed by atoms with Gasteiger partial charge in [0.2, 0.25) is 0 Å². The summed E-state index contributed by atoms with van der Waals surface area (Å²) < 4.78 is 68.6. The van der Waals surface area contributed by atoms with Crippen molar-refractivity contribution in [2.45, 2.75) is 439 Å². The molecule has 3 N–H and O–H groups in total. The summed E-state index contributed by atoms with van der Waals surface area (Å²) in [5, 5.41) is 10.6. The fraction of sp³-hybridized carbons (Fsp3) is 0.950. The Morgan fingerprint density at radius 3 is 0.768 bits per heavy atom. The highest BCUT2D eigenvalue weighted by atomic mass is 31.2. The minimum Gasteiger partial charge on any atom is -0.462 e. The van der Waals surface area contributed by atoms with E-state index in [1.807, 2.05) is 0 Å². The largest absolute Gasteiger partial charge is 0.472 e. The topological polar surface area (TPSA) is 237 Å². The van der Waals surface area contributed by atoms with Crippen LogP contribution in [0.25, 0.3) is 0 Å². The molecule has 17 nitrogen and oxygen atoms in total. The number of esters is 4. The minimum atomic E-state index is -4.96. The fourth-order valence-electron chi connectivity index (χ4n) is 12.3. The Bertz CT molecular complexity index is 1910. The number of phosphoric ester groups is 2. The van der Waals surface area contributed by atoms with E-state index in [0.717, 1.165) is 115 Å². The number of aliphatic hydroxyl groups excluding tert-OH is 1. The number of ether oxygens (including phenoxy) is 4. The Hall–Kier alpha value is -1.94. The van der Waals surface area contributed by atoms with E-state index in [4.69, 9.17) is 37.0 Å². The summed E-state index contributed by atoms with van der Waals surface area (Å²) in [6.07, 6.45) is 61.2. The molecule has 0 saturated carbocycles. The van der Waals surface area contributed by atoms with E-state index in [0.29, 0.717) is 25.7 Å². The van der Waals surface area contributed by atoms with Gasteiger partial charge < -0.3 is 33.8 Å². The first-order chi connectivity index (χ1) is 47.9. The van der Waals surface area contributed by atoms with Gasteiger partial charge in [0.25, 0.3) is 0 Å². The predicted molar refractivity (Wildman–Crippen MR) is 405 cm³/mol. The number of carbonyl (C=O) groups excluding carboxylic acids is 4. The van der Waals surface area contributed by atoms with Gasteiger partial charge in [0.05, 0.1) is 26.4 Å². The molecular formula is C80H156O17P2. The number of rotatable bonds is 79. The molecule has 0 spiro atoms. The van der Waals surface area contributed by atoms with E-state index in [2.05, 4.69) is 41.5 Å². The van der Waals surface area contributed by atoms with E-state index >= 15 is 0 Å². The SMILES string of the molecule is CCCCCCCCCCCCCCCCCCCCCCC(=O)O[C@H](COC(=O)CCCCCCCCCCCCCCCCCC(C)C)COP(=O)(O)OC[C@@H](O)COP(=O)(O)OC[C@@H](COC(=O)CCCCCCCCC)OC(=O)CCCCCCCCCCCCC(C)CC. The van der Waals surface area contributed by atoms with Crippen LogP contribution in [-0.2, 0) is 65.4 Å². The normalized spacial score (nSPS) is 14.2. The lowest BCUT2D eigenvalue weighted by Gasteiger charge is -2.21. The number of hydrogen-bond acceptors (Lipinski definition) is 15. The smallest absolute Gasteiger partial charge is 0.462 e. The van der Waals surface area contributed by atoms with Gasteiger partial charge in [-0.05, 0) is 37.5 Å². The summed E-state index contributed by atoms with van der Waals surface area (Å²) in [4.78, 5) is 72.8. The second-order valence-corrected chi connectivity index (χ2v) is 32.4. The average Bonchev–Trinajstić information content (AvgIpc) is 1.00. The Morgan fingerprint density at radius 2 is 0.515 bits per heavy atom. The van der Waals surface area contributed by atoms with Gasteiger partial charge in [0, 0.05) is 25.7 Å². The van der Waals surface area contributed by atoms with E-state index < -0.39 is 97.5 Å². The molecule has 3 unspecified atom stereocenters. The first-order valence-corrected chi connectivity index (χ1v) is 44.5. The van der Waals surface area contributed by atoms with E-state index in [-0.39, 0.29) is 25.7 Å². The molecule has 0 heterocycles. The molecule has 0 saturated heterocycles. The van der Waals surface area contributed by atoms with Crippen molar-refractivity contribution in [3.05, 3.63) is 0 Å². The highest BCUT2D eigenvalue weighted by Gasteiger charge is 2.30. The van der Waals surface area contributed by atoms with Crippen LogP contribution in [-0.4, -0.2) is 96.7 Å². The molecule has 0 amide bonds. The highest BCUT2D eigenvalue weighted by molar-refractivity contribution is 7.47. The van der Waals surface area contributed by atoms with Crippen molar-refractivity contribution in [3.8, 4) is 0 Å². The first-order valence-electron chi connectivity index (χ1n) is 41.5. The van der Waals surface area contributed by atoms with Crippen molar-refractivity contribution >= 4 is 39.5 Å². The van der Waals surface area contributed by atoms with Crippen molar-refractivity contribution in [2.75, 3.05) is 39.6 Å². The molecule has 0 aliphatic rings. The summed E-state index contributed by atoms with van der Waals surface area (Å²) in [7, 11) is -9.91. The third-order valence-electron chi connectivity index (χ3n) is 19.1. The van der Waals surface area contributed by atoms with E-state index in [1.54, 1.807) is 0 Å². The number of unbranched alkanes of at least 4 members (excludes halogenated alkanes) is 48. The molecule has 0 radical (unpaired) electrons. The van der Waals surface area contributed by atoms with Crippen LogP contribution in [0.1, 0.15) is 420 Å². The number of aliphatic hydroxyl groups is 1. The summed E-state index contributed by atoms with van der Waals surface area (Å²) in [6, 6.07) is 0. The van der Waals surface area contributed by atoms with Gasteiger partial charge in [-0.1, -0.05) is 369 Å². The number of carbonyl (C=O) groups is 4. The Kier molecular flexibility index (Phi) is 70.3. The zero-order valence-corrected chi connectivity index (χ0v) is 66.6. The molecule has 0 aromatic carbocycles. The van der Waals surface area contributed by atoms with Gasteiger partial charge in [0.15, 0.2) is 12.2 Å². The minimum absolute atomic E-state index is 0.106. The van der Waals surface area contributed by atoms with E-state index in [9.17, 15) is 43.2 Å². The maximum Gasteiger partial charge on any atom is 0.472 e.